The Hall–Kier alpha value is -3.36. The molecule has 0 aromatic heterocycles. The Morgan fingerprint density at radius 3 is 1.15 bits per heavy atom. The van der Waals surface area contributed by atoms with Crippen LogP contribution in [0.5, 0.6) is 0 Å². The number of hydrogen-bond donors (Lipinski definition) is 1. The Morgan fingerprint density at radius 2 is 0.775 bits per heavy atom. The van der Waals surface area contributed by atoms with E-state index < -0.39 is 13.9 Å². The highest BCUT2D eigenvalue weighted by Gasteiger charge is 2.26. The standard InChI is InChI=1S/C62H104NO7P/c1-6-8-10-12-14-16-18-20-22-24-26-28-30-32-33-35-37-39-41-43-45-47-49-51-53-55-62(64)70-61(60-69-71(65,66)68-58-56-63(3,4)5)59-67-57-54-52-50-48-46-44-42-40-38-36-34-31-29-27-25-23-21-19-17-15-13-11-9-7-2/h8-11,14-17,20-23,26-29,34,36,40,42,46,48,61H,6-7,12-13,18-19,24-25,30-33,35,37-39,41,43-45,47,49-60H2,1-5H3/p+1/b10-8-,11-9-,16-14-,17-15-,22-20-,23-21-,28-26-,29-27-,36-34-,42-40-,48-46-. The number of rotatable bonds is 50. The van der Waals surface area contributed by atoms with Crippen LogP contribution in [0.1, 0.15) is 194 Å². The van der Waals surface area contributed by atoms with Gasteiger partial charge >= 0.3 is 13.8 Å². The van der Waals surface area contributed by atoms with Gasteiger partial charge in [0, 0.05) is 13.0 Å². The summed E-state index contributed by atoms with van der Waals surface area (Å²) in [6, 6.07) is 0. The Balaban J connectivity index is 4.22. The fourth-order valence-corrected chi connectivity index (χ4v) is 7.74. The Bertz CT molecular complexity index is 1590. The van der Waals surface area contributed by atoms with E-state index in [-0.39, 0.29) is 25.8 Å². The lowest BCUT2D eigenvalue weighted by atomic mass is 10.0. The van der Waals surface area contributed by atoms with E-state index in [0.717, 1.165) is 109 Å². The van der Waals surface area contributed by atoms with Crippen LogP contribution in [0.3, 0.4) is 0 Å². The highest BCUT2D eigenvalue weighted by atomic mass is 31.2. The van der Waals surface area contributed by atoms with Crippen LogP contribution in [-0.4, -0.2) is 75.6 Å². The van der Waals surface area contributed by atoms with Crippen molar-refractivity contribution >= 4 is 13.8 Å². The zero-order valence-electron chi connectivity index (χ0n) is 45.9. The second-order valence-corrected chi connectivity index (χ2v) is 20.7. The van der Waals surface area contributed by atoms with Gasteiger partial charge in [-0.05, 0) is 109 Å². The summed E-state index contributed by atoms with van der Waals surface area (Å²) in [5, 5.41) is 0. The molecule has 0 rings (SSSR count). The molecule has 0 saturated carbocycles. The van der Waals surface area contributed by atoms with Crippen LogP contribution in [0, 0.1) is 0 Å². The van der Waals surface area contributed by atoms with Crippen molar-refractivity contribution < 1.29 is 37.3 Å². The van der Waals surface area contributed by atoms with Crippen LogP contribution in [0.15, 0.2) is 134 Å². The Labute approximate surface area is 436 Å². The highest BCUT2D eigenvalue weighted by molar-refractivity contribution is 7.47. The van der Waals surface area contributed by atoms with E-state index in [0.29, 0.717) is 24.1 Å². The molecule has 0 spiro atoms. The van der Waals surface area contributed by atoms with Crippen LogP contribution in [0.25, 0.3) is 0 Å². The maximum atomic E-state index is 12.8. The molecule has 8 nitrogen and oxygen atoms in total. The van der Waals surface area contributed by atoms with Crippen LogP contribution >= 0.6 is 7.82 Å². The molecule has 0 fully saturated rings. The second-order valence-electron chi connectivity index (χ2n) is 19.2. The minimum Gasteiger partial charge on any atom is -0.457 e. The maximum Gasteiger partial charge on any atom is 0.472 e. The quantitative estimate of drug-likeness (QED) is 0.0213. The molecular formula is C62H105NO7P+. The fraction of sp³-hybridized carbons (Fsp3) is 0.629. The van der Waals surface area contributed by atoms with Gasteiger partial charge in [-0.1, -0.05) is 212 Å². The Kier molecular flexibility index (Phi) is 50.4. The predicted molar refractivity (Wildman–Crippen MR) is 306 cm³/mol. The zero-order valence-corrected chi connectivity index (χ0v) is 46.8. The summed E-state index contributed by atoms with van der Waals surface area (Å²) in [5.41, 5.74) is 0. The smallest absolute Gasteiger partial charge is 0.457 e. The third-order valence-electron chi connectivity index (χ3n) is 11.2. The number of phosphoric acid groups is 1. The minimum atomic E-state index is -4.31. The van der Waals surface area contributed by atoms with E-state index in [2.05, 4.69) is 148 Å². The maximum absolute atomic E-state index is 12.8. The number of nitrogens with zero attached hydrogens (tertiary/aromatic N) is 1. The van der Waals surface area contributed by atoms with E-state index >= 15 is 0 Å². The molecule has 2 unspecified atom stereocenters. The largest absolute Gasteiger partial charge is 0.472 e. The summed E-state index contributed by atoms with van der Waals surface area (Å²) in [4.78, 5) is 23.1. The zero-order chi connectivity index (χ0) is 51.9. The summed E-state index contributed by atoms with van der Waals surface area (Å²) in [7, 11) is 1.62. The third-order valence-corrected chi connectivity index (χ3v) is 12.2. The molecule has 1 N–H and O–H groups in total. The molecule has 9 heteroatoms. The molecule has 0 saturated heterocycles. The lowest BCUT2D eigenvalue weighted by Crippen LogP contribution is -2.37. The van der Waals surface area contributed by atoms with E-state index in [1.165, 1.54) is 64.2 Å². The number of likely N-dealkylation sites (N-methyl/N-ethyl adjacent to an activating group) is 1. The Morgan fingerprint density at radius 1 is 0.437 bits per heavy atom. The van der Waals surface area contributed by atoms with Crippen molar-refractivity contribution in [2.75, 3.05) is 54.1 Å². The third kappa shape index (κ3) is 57.4. The first kappa shape index (κ1) is 67.6. The molecule has 0 aromatic carbocycles. The molecule has 0 aliphatic heterocycles. The first-order valence-corrected chi connectivity index (χ1v) is 29.4. The number of quaternary nitrogens is 1. The summed E-state index contributed by atoms with van der Waals surface area (Å²) in [6.45, 7) is 5.26. The number of esters is 1. The first-order chi connectivity index (χ1) is 34.6. The van der Waals surface area contributed by atoms with E-state index in [4.69, 9.17) is 18.5 Å². The molecule has 0 aliphatic carbocycles. The normalized spacial score (nSPS) is 14.5. The fourth-order valence-electron chi connectivity index (χ4n) is 6.99. The molecule has 0 aliphatic rings. The van der Waals surface area contributed by atoms with E-state index in [1.807, 2.05) is 21.1 Å². The van der Waals surface area contributed by atoms with Gasteiger partial charge in [0.2, 0.25) is 0 Å². The molecule has 2 atom stereocenters. The second kappa shape index (κ2) is 52.9. The average Bonchev–Trinajstić information content (AvgIpc) is 3.33. The van der Waals surface area contributed by atoms with Crippen LogP contribution in [0.2, 0.25) is 0 Å². The molecular weight excluding hydrogens is 902 g/mol. The number of hydrogen-bond acceptors (Lipinski definition) is 6. The van der Waals surface area contributed by atoms with Gasteiger partial charge in [-0.25, -0.2) is 4.57 Å². The average molecular weight is 1010 g/mol. The van der Waals surface area contributed by atoms with Crippen molar-refractivity contribution in [1.82, 2.24) is 0 Å². The van der Waals surface area contributed by atoms with Gasteiger partial charge in [0.1, 0.15) is 19.3 Å². The molecule has 0 aromatic rings. The van der Waals surface area contributed by atoms with Gasteiger partial charge in [0.15, 0.2) is 0 Å². The topological polar surface area (TPSA) is 91.3 Å². The number of allylic oxidation sites excluding steroid dienone is 22. The van der Waals surface area contributed by atoms with Crippen molar-refractivity contribution in [3.8, 4) is 0 Å². The monoisotopic (exact) mass is 1010 g/mol. The number of ether oxygens (including phenoxy) is 2. The van der Waals surface area contributed by atoms with Crippen molar-refractivity contribution in [3.05, 3.63) is 134 Å². The van der Waals surface area contributed by atoms with Crippen molar-refractivity contribution in [3.63, 3.8) is 0 Å². The summed E-state index contributed by atoms with van der Waals surface area (Å²) in [5.74, 6) is -0.337. The van der Waals surface area contributed by atoms with Gasteiger partial charge in [0.05, 0.1) is 34.4 Å². The van der Waals surface area contributed by atoms with Crippen LogP contribution in [-0.2, 0) is 27.9 Å². The van der Waals surface area contributed by atoms with Gasteiger partial charge in [0.25, 0.3) is 0 Å². The van der Waals surface area contributed by atoms with Crippen LogP contribution in [0.4, 0.5) is 0 Å². The molecule has 0 bridgehead atoms. The number of phosphoric ester groups is 1. The summed E-state index contributed by atoms with van der Waals surface area (Å²) >= 11 is 0. The lowest BCUT2D eigenvalue weighted by Gasteiger charge is -2.24. The summed E-state index contributed by atoms with van der Waals surface area (Å²) in [6.07, 6.45) is 78.0. The van der Waals surface area contributed by atoms with Crippen molar-refractivity contribution in [1.29, 1.82) is 0 Å². The van der Waals surface area contributed by atoms with E-state index in [9.17, 15) is 14.3 Å². The molecule has 0 heterocycles. The predicted octanol–water partition coefficient (Wildman–Crippen LogP) is 17.8. The van der Waals surface area contributed by atoms with Crippen LogP contribution < -0.4 is 0 Å². The minimum absolute atomic E-state index is 0.0717. The number of carbonyl (C=O) groups is 1. The van der Waals surface area contributed by atoms with Gasteiger partial charge in [-0.2, -0.15) is 0 Å². The van der Waals surface area contributed by atoms with Gasteiger partial charge < -0.3 is 18.9 Å². The first-order valence-electron chi connectivity index (χ1n) is 27.9. The molecule has 71 heavy (non-hydrogen) atoms. The lowest BCUT2D eigenvalue weighted by molar-refractivity contribution is -0.870. The molecule has 0 amide bonds. The molecule has 404 valence electrons. The van der Waals surface area contributed by atoms with Crippen molar-refractivity contribution in [2.45, 2.75) is 200 Å². The summed E-state index contributed by atoms with van der Waals surface area (Å²) < 4.78 is 35.2. The number of unbranched alkanes of at least 4 members (excludes halogenated alkanes) is 14. The van der Waals surface area contributed by atoms with E-state index in [1.54, 1.807) is 0 Å². The van der Waals surface area contributed by atoms with Crippen molar-refractivity contribution in [2.24, 2.45) is 0 Å². The van der Waals surface area contributed by atoms with Gasteiger partial charge in [-0.15, -0.1) is 0 Å². The molecule has 0 radical (unpaired) electrons. The van der Waals surface area contributed by atoms with Gasteiger partial charge in [-0.3, -0.25) is 13.8 Å². The highest BCUT2D eigenvalue weighted by Crippen LogP contribution is 2.43. The number of carbonyl (C=O) groups excluding carboxylic acids is 1. The SMILES string of the molecule is CC/C=C\C/C=C\C/C=C\C/C=C\C/C=C\C/C=C\C/C=C\CCCCOCC(COP(=O)(O)OCC[N+](C)(C)C)OC(=O)CCCCCCCCCCCCCC/C=C\C/C=C\C/C=C\C/C=C\CC.